The van der Waals surface area contributed by atoms with Crippen molar-refractivity contribution in [3.8, 4) is 11.9 Å². The van der Waals surface area contributed by atoms with E-state index in [1.165, 1.54) is 17.5 Å². The van der Waals surface area contributed by atoms with Crippen molar-refractivity contribution in [1.29, 1.82) is 5.26 Å². The first kappa shape index (κ1) is 12.1. The summed E-state index contributed by atoms with van der Waals surface area (Å²) in [5.74, 6) is 0.873. The monoisotopic (exact) mass is 273 g/mol. The van der Waals surface area contributed by atoms with Crippen LogP contribution >= 0.6 is 11.6 Å². The van der Waals surface area contributed by atoms with Crippen LogP contribution in [-0.2, 0) is 0 Å². The van der Waals surface area contributed by atoms with E-state index in [1.807, 2.05) is 0 Å². The van der Waals surface area contributed by atoms with E-state index >= 15 is 0 Å². The lowest BCUT2D eigenvalue weighted by Crippen LogP contribution is -2.02. The second-order valence-electron chi connectivity index (χ2n) is 4.64. The highest BCUT2D eigenvalue weighted by molar-refractivity contribution is 6.31. The summed E-state index contributed by atoms with van der Waals surface area (Å²) in [7, 11) is 0. The Hall–Kier alpha value is -1.93. The Bertz CT molecular complexity index is 622. The third-order valence-electron chi connectivity index (χ3n) is 3.49. The Kier molecular flexibility index (Phi) is 3.18. The molecule has 0 radical (unpaired) electrons. The lowest BCUT2D eigenvalue weighted by Gasteiger charge is -2.04. The van der Waals surface area contributed by atoms with Crippen LogP contribution < -0.4 is 0 Å². The lowest BCUT2D eigenvalue weighted by molar-refractivity contribution is 0.672. The SMILES string of the molecule is N#Cc1c(C2CCCC2)nn(-c2cccnn2)c1Cl. The van der Waals surface area contributed by atoms with Gasteiger partial charge in [-0.05, 0) is 25.0 Å². The third kappa shape index (κ3) is 2.08. The average Bonchev–Trinajstić information content (AvgIpc) is 3.07. The minimum Gasteiger partial charge on any atom is -0.200 e. The van der Waals surface area contributed by atoms with Crippen molar-refractivity contribution in [2.24, 2.45) is 0 Å². The Balaban J connectivity index is 2.10. The largest absolute Gasteiger partial charge is 0.200 e. The topological polar surface area (TPSA) is 67.4 Å². The van der Waals surface area contributed by atoms with E-state index in [0.717, 1.165) is 18.5 Å². The summed E-state index contributed by atoms with van der Waals surface area (Å²) < 4.78 is 1.50. The van der Waals surface area contributed by atoms with Gasteiger partial charge >= 0.3 is 0 Å². The number of hydrogen-bond donors (Lipinski definition) is 0. The number of rotatable bonds is 2. The van der Waals surface area contributed by atoms with E-state index in [9.17, 15) is 5.26 Å². The van der Waals surface area contributed by atoms with Crippen LogP contribution in [0.5, 0.6) is 0 Å². The molecule has 0 saturated heterocycles. The van der Waals surface area contributed by atoms with Gasteiger partial charge < -0.3 is 0 Å². The van der Waals surface area contributed by atoms with Gasteiger partial charge in [-0.3, -0.25) is 0 Å². The molecule has 2 aromatic heterocycles. The standard InChI is InChI=1S/C13H12ClN5/c14-13-10(8-15)12(9-4-1-2-5-9)18-19(13)11-6-3-7-16-17-11/h3,6-7,9H,1-2,4-5H2. The van der Waals surface area contributed by atoms with Gasteiger partial charge in [-0.25, -0.2) is 4.68 Å². The van der Waals surface area contributed by atoms with Crippen LogP contribution in [0.25, 0.3) is 5.82 Å². The van der Waals surface area contributed by atoms with Gasteiger partial charge in [-0.15, -0.1) is 5.10 Å². The number of nitriles is 1. The molecule has 0 N–H and O–H groups in total. The molecule has 96 valence electrons. The van der Waals surface area contributed by atoms with Gasteiger partial charge in [0.1, 0.15) is 11.6 Å². The quantitative estimate of drug-likeness (QED) is 0.844. The molecule has 5 nitrogen and oxygen atoms in total. The number of halogens is 1. The first-order valence-corrected chi connectivity index (χ1v) is 6.65. The predicted octanol–water partition coefficient (Wildman–Crippen LogP) is 2.84. The Morgan fingerprint density at radius 1 is 1.37 bits per heavy atom. The molecule has 0 unspecified atom stereocenters. The summed E-state index contributed by atoms with van der Waals surface area (Å²) in [6, 6.07) is 5.70. The van der Waals surface area contributed by atoms with E-state index < -0.39 is 0 Å². The maximum absolute atomic E-state index is 9.30. The molecule has 2 aromatic rings. The van der Waals surface area contributed by atoms with E-state index in [2.05, 4.69) is 21.4 Å². The van der Waals surface area contributed by atoms with Crippen LogP contribution in [0.4, 0.5) is 0 Å². The van der Waals surface area contributed by atoms with Crippen LogP contribution in [0.15, 0.2) is 18.3 Å². The van der Waals surface area contributed by atoms with Gasteiger partial charge in [0.25, 0.3) is 0 Å². The van der Waals surface area contributed by atoms with Gasteiger partial charge in [0, 0.05) is 12.1 Å². The highest BCUT2D eigenvalue weighted by Crippen LogP contribution is 2.37. The second kappa shape index (κ2) is 4.98. The zero-order chi connectivity index (χ0) is 13.2. The molecule has 0 aliphatic heterocycles. The fourth-order valence-corrected chi connectivity index (χ4v) is 2.82. The van der Waals surface area contributed by atoms with Gasteiger partial charge in [0.15, 0.2) is 11.0 Å². The molecular weight excluding hydrogens is 262 g/mol. The highest BCUT2D eigenvalue weighted by Gasteiger charge is 2.27. The molecule has 1 fully saturated rings. The smallest absolute Gasteiger partial charge is 0.177 e. The van der Waals surface area contributed by atoms with Gasteiger partial charge in [0.05, 0.1) is 5.69 Å². The molecule has 1 aliphatic carbocycles. The fraction of sp³-hybridized carbons (Fsp3) is 0.385. The summed E-state index contributed by atoms with van der Waals surface area (Å²) >= 11 is 6.25. The maximum Gasteiger partial charge on any atom is 0.177 e. The summed E-state index contributed by atoms with van der Waals surface area (Å²) in [5.41, 5.74) is 1.27. The molecule has 0 aromatic carbocycles. The summed E-state index contributed by atoms with van der Waals surface area (Å²) in [6.07, 6.45) is 6.10. The van der Waals surface area contributed by atoms with Crippen molar-refractivity contribution in [3.05, 3.63) is 34.7 Å². The van der Waals surface area contributed by atoms with Crippen LogP contribution in [0, 0.1) is 11.3 Å². The van der Waals surface area contributed by atoms with E-state index in [1.54, 1.807) is 18.3 Å². The highest BCUT2D eigenvalue weighted by atomic mass is 35.5. The van der Waals surface area contributed by atoms with Crippen LogP contribution in [0.3, 0.4) is 0 Å². The van der Waals surface area contributed by atoms with Gasteiger partial charge in [-0.2, -0.15) is 15.5 Å². The molecule has 19 heavy (non-hydrogen) atoms. The average molecular weight is 274 g/mol. The van der Waals surface area contributed by atoms with Crippen molar-refractivity contribution in [2.75, 3.05) is 0 Å². The van der Waals surface area contributed by atoms with E-state index in [4.69, 9.17) is 11.6 Å². The normalized spacial score (nSPS) is 15.6. The van der Waals surface area contributed by atoms with E-state index in [0.29, 0.717) is 22.5 Å². The molecule has 1 aliphatic rings. The molecule has 3 rings (SSSR count). The molecule has 1 saturated carbocycles. The third-order valence-corrected chi connectivity index (χ3v) is 3.83. The Morgan fingerprint density at radius 3 is 2.79 bits per heavy atom. The number of aromatic nitrogens is 4. The first-order chi connectivity index (χ1) is 9.31. The summed E-state index contributed by atoms with van der Waals surface area (Å²) in [6.45, 7) is 0. The fourth-order valence-electron chi connectivity index (χ4n) is 2.56. The zero-order valence-electron chi connectivity index (χ0n) is 10.3. The molecular formula is C13H12ClN5. The molecule has 0 bridgehead atoms. The van der Waals surface area contributed by atoms with Gasteiger partial charge in [0.2, 0.25) is 0 Å². The molecule has 0 atom stereocenters. The lowest BCUT2D eigenvalue weighted by atomic mass is 10.0. The summed E-state index contributed by atoms with van der Waals surface area (Å²) in [4.78, 5) is 0. The van der Waals surface area contributed by atoms with Crippen molar-refractivity contribution in [1.82, 2.24) is 20.0 Å². The van der Waals surface area contributed by atoms with Crippen molar-refractivity contribution < 1.29 is 0 Å². The summed E-state index contributed by atoms with van der Waals surface area (Å²) in [5, 5.41) is 21.9. The Morgan fingerprint density at radius 2 is 2.16 bits per heavy atom. The van der Waals surface area contributed by atoms with Crippen molar-refractivity contribution in [2.45, 2.75) is 31.6 Å². The minimum absolute atomic E-state index is 0.324. The van der Waals surface area contributed by atoms with Crippen LogP contribution in [-0.4, -0.2) is 20.0 Å². The molecule has 2 heterocycles. The number of nitrogens with zero attached hydrogens (tertiary/aromatic N) is 5. The van der Waals surface area contributed by atoms with Crippen molar-refractivity contribution in [3.63, 3.8) is 0 Å². The molecule has 0 amide bonds. The molecule has 6 heteroatoms. The van der Waals surface area contributed by atoms with Gasteiger partial charge in [-0.1, -0.05) is 24.4 Å². The maximum atomic E-state index is 9.30. The van der Waals surface area contributed by atoms with Crippen LogP contribution in [0.1, 0.15) is 42.9 Å². The minimum atomic E-state index is 0.324. The Labute approximate surface area is 115 Å². The first-order valence-electron chi connectivity index (χ1n) is 6.28. The van der Waals surface area contributed by atoms with Crippen molar-refractivity contribution >= 4 is 11.6 Å². The predicted molar refractivity (Wildman–Crippen MR) is 70.1 cm³/mol. The van der Waals surface area contributed by atoms with E-state index in [-0.39, 0.29) is 0 Å². The van der Waals surface area contributed by atoms with Crippen LogP contribution in [0.2, 0.25) is 5.15 Å². The molecule has 0 spiro atoms. The second-order valence-corrected chi connectivity index (χ2v) is 5.00. The number of hydrogen-bond acceptors (Lipinski definition) is 4. The zero-order valence-corrected chi connectivity index (χ0v) is 11.0.